The van der Waals surface area contributed by atoms with Gasteiger partial charge in [-0.1, -0.05) is 254 Å². The highest BCUT2D eigenvalue weighted by Gasteiger charge is 2.19. The summed E-state index contributed by atoms with van der Waals surface area (Å²) in [5.41, 5.74) is 0. The van der Waals surface area contributed by atoms with E-state index >= 15 is 0 Å². The predicted molar refractivity (Wildman–Crippen MR) is 352 cm³/mol. The van der Waals surface area contributed by atoms with Gasteiger partial charge < -0.3 is 14.2 Å². The molecule has 0 aliphatic rings. The summed E-state index contributed by atoms with van der Waals surface area (Å²) in [6.07, 6.45) is 102. The Morgan fingerprint density at radius 3 is 0.802 bits per heavy atom. The number of unbranched alkanes of at least 4 members (excludes halogenated alkanes) is 12. The molecule has 0 saturated heterocycles. The molecule has 1 atom stereocenters. The maximum atomic E-state index is 12.9. The first-order chi connectivity index (χ1) is 40.0. The van der Waals surface area contributed by atoms with Gasteiger partial charge in [0.25, 0.3) is 0 Å². The molecule has 81 heavy (non-hydrogen) atoms. The lowest BCUT2D eigenvalue weighted by Crippen LogP contribution is -2.30. The number of hydrogen-bond donors (Lipinski definition) is 0. The van der Waals surface area contributed by atoms with Crippen LogP contribution in [-0.2, 0) is 28.6 Å². The van der Waals surface area contributed by atoms with Crippen molar-refractivity contribution < 1.29 is 28.6 Å². The summed E-state index contributed by atoms with van der Waals surface area (Å²) in [6.45, 7) is 6.28. The second-order valence-corrected chi connectivity index (χ2v) is 20.2. The fourth-order valence-electron chi connectivity index (χ4n) is 7.83. The quantitative estimate of drug-likeness (QED) is 0.0261. The average Bonchev–Trinajstić information content (AvgIpc) is 3.47. The van der Waals surface area contributed by atoms with Crippen molar-refractivity contribution in [3.63, 3.8) is 0 Å². The molecule has 0 N–H and O–H groups in total. The largest absolute Gasteiger partial charge is 0.462 e. The molecule has 0 saturated carbocycles. The van der Waals surface area contributed by atoms with Crippen LogP contribution in [0.3, 0.4) is 0 Å². The number of carbonyl (C=O) groups is 3. The molecule has 0 aromatic heterocycles. The third-order valence-corrected chi connectivity index (χ3v) is 12.6. The third kappa shape index (κ3) is 64.9. The Balaban J connectivity index is 4.50. The second-order valence-electron chi connectivity index (χ2n) is 20.2. The van der Waals surface area contributed by atoms with Gasteiger partial charge >= 0.3 is 17.9 Å². The lowest BCUT2D eigenvalue weighted by molar-refractivity contribution is -0.167. The van der Waals surface area contributed by atoms with Gasteiger partial charge in [-0.15, -0.1) is 0 Å². The van der Waals surface area contributed by atoms with Gasteiger partial charge in [0.15, 0.2) is 6.10 Å². The van der Waals surface area contributed by atoms with Crippen LogP contribution in [0, 0.1) is 0 Å². The topological polar surface area (TPSA) is 78.9 Å². The van der Waals surface area contributed by atoms with Crippen LogP contribution >= 0.6 is 0 Å². The molecule has 0 aromatic rings. The minimum absolute atomic E-state index is 0.121. The monoisotopic (exact) mass is 1110 g/mol. The summed E-state index contributed by atoms with van der Waals surface area (Å²) >= 11 is 0. The summed E-state index contributed by atoms with van der Waals surface area (Å²) < 4.78 is 16.8. The van der Waals surface area contributed by atoms with Crippen LogP contribution in [0.15, 0.2) is 194 Å². The van der Waals surface area contributed by atoms with Gasteiger partial charge in [0.05, 0.1) is 0 Å². The van der Waals surface area contributed by atoms with Crippen LogP contribution in [-0.4, -0.2) is 37.2 Å². The van der Waals surface area contributed by atoms with Crippen LogP contribution in [0.4, 0.5) is 0 Å². The van der Waals surface area contributed by atoms with Gasteiger partial charge in [-0.25, -0.2) is 0 Å². The van der Waals surface area contributed by atoms with E-state index in [9.17, 15) is 14.4 Å². The maximum absolute atomic E-state index is 12.9. The van der Waals surface area contributed by atoms with Crippen LogP contribution in [0.2, 0.25) is 0 Å². The van der Waals surface area contributed by atoms with E-state index in [1.54, 1.807) is 0 Å². The lowest BCUT2D eigenvalue weighted by atomic mass is 10.1. The van der Waals surface area contributed by atoms with Crippen molar-refractivity contribution in [1.82, 2.24) is 0 Å². The fraction of sp³-hybridized carbons (Fsp3) is 0.533. The highest BCUT2D eigenvalue weighted by atomic mass is 16.6. The minimum Gasteiger partial charge on any atom is -0.462 e. The molecule has 0 amide bonds. The molecule has 0 radical (unpaired) electrons. The van der Waals surface area contributed by atoms with Gasteiger partial charge in [0, 0.05) is 19.3 Å². The van der Waals surface area contributed by atoms with E-state index in [0.717, 1.165) is 167 Å². The number of allylic oxidation sites excluding steroid dienone is 32. The smallest absolute Gasteiger partial charge is 0.306 e. The van der Waals surface area contributed by atoms with Crippen molar-refractivity contribution in [2.75, 3.05) is 13.2 Å². The Hall–Kier alpha value is -5.75. The molecule has 0 heterocycles. The Bertz CT molecular complexity index is 1950. The first kappa shape index (κ1) is 75.2. The molecular formula is C75H114O6. The zero-order valence-electron chi connectivity index (χ0n) is 51.5. The van der Waals surface area contributed by atoms with Gasteiger partial charge in [0.1, 0.15) is 13.2 Å². The predicted octanol–water partition coefficient (Wildman–Crippen LogP) is 22.2. The van der Waals surface area contributed by atoms with E-state index in [-0.39, 0.29) is 44.0 Å². The maximum Gasteiger partial charge on any atom is 0.306 e. The zero-order chi connectivity index (χ0) is 58.5. The second kappa shape index (κ2) is 66.8. The van der Waals surface area contributed by atoms with Crippen molar-refractivity contribution >= 4 is 17.9 Å². The highest BCUT2D eigenvalue weighted by molar-refractivity contribution is 5.71. The van der Waals surface area contributed by atoms with Crippen molar-refractivity contribution in [3.8, 4) is 0 Å². The molecule has 6 nitrogen and oxygen atoms in total. The molecule has 0 aromatic carbocycles. The van der Waals surface area contributed by atoms with E-state index in [2.05, 4.69) is 215 Å². The van der Waals surface area contributed by atoms with Crippen LogP contribution in [0.25, 0.3) is 0 Å². The van der Waals surface area contributed by atoms with Crippen LogP contribution < -0.4 is 0 Å². The third-order valence-electron chi connectivity index (χ3n) is 12.6. The summed E-state index contributed by atoms with van der Waals surface area (Å²) in [7, 11) is 0. The van der Waals surface area contributed by atoms with Crippen molar-refractivity contribution in [1.29, 1.82) is 0 Å². The molecule has 0 spiro atoms. The molecule has 6 heteroatoms. The summed E-state index contributed by atoms with van der Waals surface area (Å²) in [4.78, 5) is 38.2. The van der Waals surface area contributed by atoms with E-state index in [1.807, 2.05) is 0 Å². The van der Waals surface area contributed by atoms with Crippen molar-refractivity contribution in [3.05, 3.63) is 194 Å². The Labute approximate surface area is 497 Å². The molecule has 450 valence electrons. The van der Waals surface area contributed by atoms with E-state index in [1.165, 1.54) is 19.3 Å². The molecule has 0 aliphatic heterocycles. The molecule has 0 fully saturated rings. The summed E-state index contributed by atoms with van der Waals surface area (Å²) in [5, 5.41) is 0. The normalized spacial score (nSPS) is 13.5. The van der Waals surface area contributed by atoms with Gasteiger partial charge in [-0.3, -0.25) is 14.4 Å². The first-order valence-electron chi connectivity index (χ1n) is 31.9. The van der Waals surface area contributed by atoms with E-state index in [4.69, 9.17) is 14.2 Å². The number of esters is 3. The number of carbonyl (C=O) groups excluding carboxylic acids is 3. The van der Waals surface area contributed by atoms with Crippen LogP contribution in [0.5, 0.6) is 0 Å². The summed E-state index contributed by atoms with van der Waals surface area (Å²) in [6, 6.07) is 0. The molecular weight excluding hydrogens is 997 g/mol. The fourth-order valence-corrected chi connectivity index (χ4v) is 7.83. The average molecular weight is 1110 g/mol. The zero-order valence-corrected chi connectivity index (χ0v) is 51.5. The lowest BCUT2D eigenvalue weighted by Gasteiger charge is -2.18. The van der Waals surface area contributed by atoms with E-state index < -0.39 is 6.10 Å². The Morgan fingerprint density at radius 2 is 0.481 bits per heavy atom. The van der Waals surface area contributed by atoms with Gasteiger partial charge in [0.2, 0.25) is 0 Å². The Morgan fingerprint density at radius 1 is 0.259 bits per heavy atom. The van der Waals surface area contributed by atoms with Gasteiger partial charge in [-0.05, 0) is 161 Å². The van der Waals surface area contributed by atoms with Gasteiger partial charge in [-0.2, -0.15) is 0 Å². The standard InChI is InChI=1S/C75H114O6/c1-4-7-10-13-16-19-22-24-26-28-30-32-34-36-37-39-40-42-44-46-48-50-53-56-59-62-65-68-74(77)80-71-72(70-79-73(76)67-64-61-58-55-52-21-18-15-12-9-6-3)81-75(78)69-66-63-60-57-54-51-49-47-45-43-41-38-35-33-31-29-27-25-23-20-17-14-11-8-5-2/h7-8,10-11,15-20,24-27,30-33,36-38,40-42,45-48,51,53-54,56,72H,4-6,9,12-14,21-23,28-29,34-35,39,43-44,49-50,52,55,57-71H2,1-3H3/b10-7-,11-8-,18-15-,19-16-,20-17-,26-24-,27-25-,32-30-,33-31-,37-36-,41-38-,42-40-,47-45-,48-46-,54-51-,56-53-. The Kier molecular flexibility index (Phi) is 62.0. The minimum atomic E-state index is -0.830. The molecule has 1 unspecified atom stereocenters. The van der Waals surface area contributed by atoms with Crippen molar-refractivity contribution in [2.24, 2.45) is 0 Å². The molecule has 0 aliphatic carbocycles. The van der Waals surface area contributed by atoms with E-state index in [0.29, 0.717) is 19.3 Å². The highest BCUT2D eigenvalue weighted by Crippen LogP contribution is 2.12. The van der Waals surface area contributed by atoms with Crippen LogP contribution in [0.1, 0.15) is 239 Å². The SMILES string of the molecule is CC/C=C\C/C=C\C/C=C\C/C=C\C/C=C\C/C=C\C/C=C\C/C=C\CCCCC(=O)OCC(COC(=O)CCCCCCC/C=C\CCCC)OC(=O)CCCCC/C=C\C/C=C\C/C=C\C/C=C\C/C=C\C/C=C\C/C=C\CC. The number of hydrogen-bond acceptors (Lipinski definition) is 6. The molecule has 0 rings (SSSR count). The first-order valence-corrected chi connectivity index (χ1v) is 31.9. The number of ether oxygens (including phenoxy) is 3. The summed E-state index contributed by atoms with van der Waals surface area (Å²) in [5.74, 6) is -1.02. The molecule has 0 bridgehead atoms. The van der Waals surface area contributed by atoms with Crippen molar-refractivity contribution in [2.45, 2.75) is 245 Å². The number of rotatable bonds is 55.